The highest BCUT2D eigenvalue weighted by Crippen LogP contribution is 2.22. The van der Waals surface area contributed by atoms with Crippen molar-refractivity contribution in [2.45, 2.75) is 32.7 Å². The Labute approximate surface area is 135 Å². The summed E-state index contributed by atoms with van der Waals surface area (Å²) in [5.41, 5.74) is 0.549. The SMILES string of the molecule is CCN(CC)C(=O)C1CCCN1C(=O)c1ccc(C(=O)O)cc1. The number of hydrogen-bond acceptors (Lipinski definition) is 3. The Bertz CT molecular complexity index is 593. The number of carboxylic acids is 1. The highest BCUT2D eigenvalue weighted by molar-refractivity contribution is 5.98. The summed E-state index contributed by atoms with van der Waals surface area (Å²) in [6, 6.07) is 5.41. The molecule has 1 fully saturated rings. The number of hydrogen-bond donors (Lipinski definition) is 1. The number of likely N-dealkylation sites (N-methyl/N-ethyl adjacent to an activating group) is 1. The van der Waals surface area contributed by atoms with Gasteiger partial charge in [-0.3, -0.25) is 9.59 Å². The van der Waals surface area contributed by atoms with E-state index in [4.69, 9.17) is 5.11 Å². The van der Waals surface area contributed by atoms with Crippen LogP contribution in [0.5, 0.6) is 0 Å². The second kappa shape index (κ2) is 7.26. The van der Waals surface area contributed by atoms with Crippen molar-refractivity contribution in [1.29, 1.82) is 0 Å². The first-order valence-electron chi connectivity index (χ1n) is 7.92. The molecule has 1 aliphatic rings. The van der Waals surface area contributed by atoms with E-state index < -0.39 is 12.0 Å². The van der Waals surface area contributed by atoms with Gasteiger partial charge in [-0.1, -0.05) is 0 Å². The normalized spacial score (nSPS) is 17.1. The largest absolute Gasteiger partial charge is 0.478 e. The van der Waals surface area contributed by atoms with Gasteiger partial charge < -0.3 is 14.9 Å². The van der Waals surface area contributed by atoms with Crippen LogP contribution in [0.25, 0.3) is 0 Å². The molecule has 1 aromatic carbocycles. The molecule has 0 bridgehead atoms. The molecule has 1 N–H and O–H groups in total. The van der Waals surface area contributed by atoms with E-state index in [9.17, 15) is 14.4 Å². The molecule has 0 aromatic heterocycles. The smallest absolute Gasteiger partial charge is 0.335 e. The molecule has 1 heterocycles. The molecule has 6 heteroatoms. The average Bonchev–Trinajstić information content (AvgIpc) is 3.04. The summed E-state index contributed by atoms with van der Waals surface area (Å²) in [7, 11) is 0. The van der Waals surface area contributed by atoms with E-state index in [2.05, 4.69) is 0 Å². The number of likely N-dealkylation sites (tertiary alicyclic amines) is 1. The topological polar surface area (TPSA) is 77.9 Å². The number of nitrogens with zero attached hydrogens (tertiary/aromatic N) is 2. The lowest BCUT2D eigenvalue weighted by atomic mass is 10.1. The maximum absolute atomic E-state index is 12.6. The van der Waals surface area contributed by atoms with Crippen LogP contribution in [0.3, 0.4) is 0 Å². The van der Waals surface area contributed by atoms with Gasteiger partial charge in [0.1, 0.15) is 6.04 Å². The zero-order valence-electron chi connectivity index (χ0n) is 13.5. The van der Waals surface area contributed by atoms with Gasteiger partial charge in [0.15, 0.2) is 0 Å². The zero-order valence-corrected chi connectivity index (χ0v) is 13.5. The molecule has 1 unspecified atom stereocenters. The van der Waals surface area contributed by atoms with Crippen molar-refractivity contribution in [3.8, 4) is 0 Å². The summed E-state index contributed by atoms with van der Waals surface area (Å²) in [6.45, 7) is 5.65. The standard InChI is InChI=1S/C17H22N2O4/c1-3-18(4-2)16(21)14-6-5-11-19(14)15(20)12-7-9-13(10-8-12)17(22)23/h7-10,14H,3-6,11H2,1-2H3,(H,22,23). The Morgan fingerprint density at radius 3 is 2.22 bits per heavy atom. The van der Waals surface area contributed by atoms with Crippen LogP contribution in [-0.4, -0.2) is 58.4 Å². The van der Waals surface area contributed by atoms with Crippen molar-refractivity contribution >= 4 is 17.8 Å². The zero-order chi connectivity index (χ0) is 17.0. The number of aromatic carboxylic acids is 1. The summed E-state index contributed by atoms with van der Waals surface area (Å²) in [5, 5.41) is 8.91. The van der Waals surface area contributed by atoms with Gasteiger partial charge in [0.05, 0.1) is 5.56 Å². The third-order valence-electron chi connectivity index (χ3n) is 4.25. The molecule has 1 aliphatic heterocycles. The first-order chi connectivity index (χ1) is 11.0. The summed E-state index contributed by atoms with van der Waals surface area (Å²) >= 11 is 0. The monoisotopic (exact) mass is 318 g/mol. The summed E-state index contributed by atoms with van der Waals surface area (Å²) in [5.74, 6) is -1.26. The Kier molecular flexibility index (Phi) is 5.36. The Balaban J connectivity index is 2.17. The molecule has 1 atom stereocenters. The Morgan fingerprint density at radius 2 is 1.70 bits per heavy atom. The van der Waals surface area contributed by atoms with Gasteiger partial charge >= 0.3 is 5.97 Å². The molecule has 2 amide bonds. The molecular weight excluding hydrogens is 296 g/mol. The predicted octanol–water partition coefficient (Wildman–Crippen LogP) is 1.86. The van der Waals surface area contributed by atoms with Crippen LogP contribution in [0.15, 0.2) is 24.3 Å². The summed E-state index contributed by atoms with van der Waals surface area (Å²) < 4.78 is 0. The van der Waals surface area contributed by atoms with Crippen LogP contribution in [0.1, 0.15) is 47.4 Å². The van der Waals surface area contributed by atoms with E-state index in [0.29, 0.717) is 31.6 Å². The first kappa shape index (κ1) is 17.0. The molecule has 2 rings (SSSR count). The second-order valence-corrected chi connectivity index (χ2v) is 5.55. The maximum atomic E-state index is 12.6. The number of carbonyl (C=O) groups is 3. The lowest BCUT2D eigenvalue weighted by Crippen LogP contribution is -2.47. The highest BCUT2D eigenvalue weighted by atomic mass is 16.4. The lowest BCUT2D eigenvalue weighted by Gasteiger charge is -2.29. The molecular formula is C17H22N2O4. The van der Waals surface area contributed by atoms with Gasteiger partial charge in [-0.25, -0.2) is 4.79 Å². The number of rotatable bonds is 5. The number of amides is 2. The molecule has 0 spiro atoms. The third kappa shape index (κ3) is 3.52. The minimum Gasteiger partial charge on any atom is -0.478 e. The molecule has 23 heavy (non-hydrogen) atoms. The van der Waals surface area contributed by atoms with Crippen LogP contribution in [0, 0.1) is 0 Å². The van der Waals surface area contributed by atoms with Gasteiger partial charge in [0.25, 0.3) is 5.91 Å². The number of carbonyl (C=O) groups excluding carboxylic acids is 2. The van der Waals surface area contributed by atoms with E-state index in [1.807, 2.05) is 13.8 Å². The van der Waals surface area contributed by atoms with Gasteiger partial charge in [-0.2, -0.15) is 0 Å². The number of benzene rings is 1. The van der Waals surface area contributed by atoms with E-state index >= 15 is 0 Å². The fourth-order valence-electron chi connectivity index (χ4n) is 2.93. The molecule has 124 valence electrons. The summed E-state index contributed by atoms with van der Waals surface area (Å²) in [4.78, 5) is 39.4. The minimum atomic E-state index is -1.03. The highest BCUT2D eigenvalue weighted by Gasteiger charge is 2.36. The van der Waals surface area contributed by atoms with Gasteiger partial charge in [-0.15, -0.1) is 0 Å². The van der Waals surface area contributed by atoms with E-state index in [0.717, 1.165) is 6.42 Å². The Morgan fingerprint density at radius 1 is 1.13 bits per heavy atom. The van der Waals surface area contributed by atoms with E-state index in [-0.39, 0.29) is 17.4 Å². The van der Waals surface area contributed by atoms with Gasteiger partial charge in [0.2, 0.25) is 5.91 Å². The van der Waals surface area contributed by atoms with Gasteiger partial charge in [0, 0.05) is 25.2 Å². The van der Waals surface area contributed by atoms with Gasteiger partial charge in [-0.05, 0) is 51.0 Å². The molecule has 0 aliphatic carbocycles. The van der Waals surface area contributed by atoms with E-state index in [1.54, 1.807) is 9.80 Å². The molecule has 1 saturated heterocycles. The predicted molar refractivity (Wildman–Crippen MR) is 85.4 cm³/mol. The molecule has 0 saturated carbocycles. The molecule has 1 aromatic rings. The minimum absolute atomic E-state index is 0.0111. The third-order valence-corrected chi connectivity index (χ3v) is 4.25. The van der Waals surface area contributed by atoms with Crippen LogP contribution >= 0.6 is 0 Å². The lowest BCUT2D eigenvalue weighted by molar-refractivity contribution is -0.134. The summed E-state index contributed by atoms with van der Waals surface area (Å²) in [6.07, 6.45) is 1.48. The van der Waals surface area contributed by atoms with Crippen LogP contribution in [0.4, 0.5) is 0 Å². The quantitative estimate of drug-likeness (QED) is 0.899. The van der Waals surface area contributed by atoms with Crippen molar-refractivity contribution in [2.24, 2.45) is 0 Å². The van der Waals surface area contributed by atoms with Crippen molar-refractivity contribution in [3.05, 3.63) is 35.4 Å². The van der Waals surface area contributed by atoms with Crippen LogP contribution in [-0.2, 0) is 4.79 Å². The first-order valence-corrected chi connectivity index (χ1v) is 7.92. The average molecular weight is 318 g/mol. The van der Waals surface area contributed by atoms with Crippen molar-refractivity contribution in [2.75, 3.05) is 19.6 Å². The van der Waals surface area contributed by atoms with Crippen LogP contribution in [0.2, 0.25) is 0 Å². The van der Waals surface area contributed by atoms with Crippen LogP contribution < -0.4 is 0 Å². The Hall–Kier alpha value is -2.37. The van der Waals surface area contributed by atoms with Crippen molar-refractivity contribution < 1.29 is 19.5 Å². The fraction of sp³-hybridized carbons (Fsp3) is 0.471. The number of carboxylic acid groups (broad SMARTS) is 1. The molecule has 6 nitrogen and oxygen atoms in total. The fourth-order valence-corrected chi connectivity index (χ4v) is 2.93. The molecule has 0 radical (unpaired) electrons. The van der Waals surface area contributed by atoms with E-state index in [1.165, 1.54) is 24.3 Å². The maximum Gasteiger partial charge on any atom is 0.335 e. The van der Waals surface area contributed by atoms with Crippen molar-refractivity contribution in [3.63, 3.8) is 0 Å². The van der Waals surface area contributed by atoms with Crippen molar-refractivity contribution in [1.82, 2.24) is 9.80 Å². The second-order valence-electron chi connectivity index (χ2n) is 5.55.